The van der Waals surface area contributed by atoms with Gasteiger partial charge in [-0.1, -0.05) is 24.9 Å². The van der Waals surface area contributed by atoms with Crippen LogP contribution in [0.4, 0.5) is 11.5 Å². The molecule has 3 rings (SSSR count). The highest BCUT2D eigenvalue weighted by Gasteiger charge is 2.27. The Morgan fingerprint density at radius 2 is 2.17 bits per heavy atom. The van der Waals surface area contributed by atoms with Crippen LogP contribution in [0.15, 0.2) is 30.3 Å². The number of unbranched alkanes of at least 4 members (excludes halogenated alkanes) is 1. The molecule has 0 spiro atoms. The Kier molecular flexibility index (Phi) is 7.52. The molecule has 0 bridgehead atoms. The molecule has 8 heteroatoms. The molecule has 1 aliphatic rings. The maximum Gasteiger partial charge on any atom is 0.229 e. The number of nitrogens with one attached hydrogen (secondary N) is 1. The summed E-state index contributed by atoms with van der Waals surface area (Å²) >= 11 is 5.83. The predicted octanol–water partition coefficient (Wildman–Crippen LogP) is 4.17. The number of anilines is 2. The van der Waals surface area contributed by atoms with Crippen LogP contribution in [-0.4, -0.2) is 42.9 Å². The Morgan fingerprint density at radius 3 is 2.90 bits per heavy atom. The fourth-order valence-electron chi connectivity index (χ4n) is 3.30. The van der Waals surface area contributed by atoms with Crippen LogP contribution in [0.3, 0.4) is 0 Å². The lowest BCUT2D eigenvalue weighted by Gasteiger charge is -2.32. The minimum atomic E-state index is -0.157. The number of carbonyl (C=O) groups excluding carboxylic acids is 1. The zero-order valence-electron chi connectivity index (χ0n) is 16.9. The van der Waals surface area contributed by atoms with Crippen molar-refractivity contribution in [2.24, 2.45) is 5.92 Å². The van der Waals surface area contributed by atoms with E-state index in [1.807, 2.05) is 18.2 Å². The summed E-state index contributed by atoms with van der Waals surface area (Å²) in [4.78, 5) is 15.1. The van der Waals surface area contributed by atoms with Gasteiger partial charge < -0.3 is 19.7 Å². The van der Waals surface area contributed by atoms with E-state index in [0.29, 0.717) is 35.5 Å². The Bertz CT molecular complexity index is 816. The van der Waals surface area contributed by atoms with Crippen LogP contribution in [0.5, 0.6) is 11.5 Å². The van der Waals surface area contributed by atoms with Gasteiger partial charge in [0.1, 0.15) is 11.5 Å². The number of amides is 1. The lowest BCUT2D eigenvalue weighted by molar-refractivity contribution is -0.120. The van der Waals surface area contributed by atoms with E-state index < -0.39 is 0 Å². The molecule has 2 aromatic rings. The highest BCUT2D eigenvalue weighted by molar-refractivity contribution is 6.29. The van der Waals surface area contributed by atoms with E-state index in [4.69, 9.17) is 21.1 Å². The van der Waals surface area contributed by atoms with Gasteiger partial charge >= 0.3 is 0 Å². The number of benzene rings is 1. The summed E-state index contributed by atoms with van der Waals surface area (Å²) in [5, 5.41) is 11.4. The maximum absolute atomic E-state index is 13.0. The van der Waals surface area contributed by atoms with Crippen molar-refractivity contribution < 1.29 is 14.3 Å². The third-order valence-electron chi connectivity index (χ3n) is 4.93. The predicted molar refractivity (Wildman–Crippen MR) is 114 cm³/mol. The first kappa shape index (κ1) is 21.2. The number of nitrogens with zero attached hydrogens (tertiary/aromatic N) is 3. The van der Waals surface area contributed by atoms with E-state index in [0.717, 1.165) is 38.0 Å². The number of carbonyl (C=O) groups is 1. The molecule has 1 fully saturated rings. The fraction of sp³-hybridized carbons (Fsp3) is 0.476. The summed E-state index contributed by atoms with van der Waals surface area (Å²) in [6, 6.07) is 9.00. The molecule has 1 atom stereocenters. The summed E-state index contributed by atoms with van der Waals surface area (Å²) in [6.07, 6.45) is 3.72. The molecule has 0 unspecified atom stereocenters. The molecule has 0 saturated carbocycles. The minimum absolute atomic E-state index is 0.0368. The molecule has 2 heterocycles. The van der Waals surface area contributed by atoms with Crippen LogP contribution in [0.2, 0.25) is 5.15 Å². The summed E-state index contributed by atoms with van der Waals surface area (Å²) < 4.78 is 11.2. The number of rotatable bonds is 8. The number of hydrogen-bond donors (Lipinski definition) is 1. The SMILES string of the molecule is CCCCOc1ccc(OC)cc1NC(=O)[C@H]1CCCN(c2ccc(Cl)nn2)C1. The van der Waals surface area contributed by atoms with Crippen molar-refractivity contribution in [3.8, 4) is 11.5 Å². The third kappa shape index (κ3) is 5.73. The normalized spacial score (nSPS) is 16.4. The van der Waals surface area contributed by atoms with Crippen LogP contribution in [0.25, 0.3) is 0 Å². The number of methoxy groups -OCH3 is 1. The fourth-order valence-corrected chi connectivity index (χ4v) is 3.40. The van der Waals surface area contributed by atoms with Crippen molar-refractivity contribution in [2.75, 3.05) is 37.0 Å². The molecular formula is C21H27ClN4O3. The molecular weight excluding hydrogens is 392 g/mol. The standard InChI is InChI=1S/C21H27ClN4O3/c1-3-4-12-29-18-8-7-16(28-2)13-17(18)23-21(27)15-6-5-11-26(14-15)20-10-9-19(22)24-25-20/h7-10,13,15H,3-6,11-12,14H2,1-2H3,(H,23,27)/t15-/m0/s1. The van der Waals surface area contributed by atoms with Crippen LogP contribution in [-0.2, 0) is 4.79 Å². The van der Waals surface area contributed by atoms with E-state index in [1.165, 1.54) is 0 Å². The maximum atomic E-state index is 13.0. The number of halogens is 1. The van der Waals surface area contributed by atoms with Gasteiger partial charge in [0.25, 0.3) is 0 Å². The number of ether oxygens (including phenoxy) is 2. The second kappa shape index (κ2) is 10.3. The molecule has 0 aliphatic carbocycles. The van der Waals surface area contributed by atoms with Crippen molar-refractivity contribution in [3.63, 3.8) is 0 Å². The van der Waals surface area contributed by atoms with Gasteiger partial charge in [0.15, 0.2) is 11.0 Å². The highest BCUT2D eigenvalue weighted by atomic mass is 35.5. The smallest absolute Gasteiger partial charge is 0.229 e. The highest BCUT2D eigenvalue weighted by Crippen LogP contribution is 2.31. The summed E-state index contributed by atoms with van der Waals surface area (Å²) in [6.45, 7) is 4.14. The molecule has 1 amide bonds. The van der Waals surface area contributed by atoms with Gasteiger partial charge in [0, 0.05) is 19.2 Å². The molecule has 29 heavy (non-hydrogen) atoms. The summed E-state index contributed by atoms with van der Waals surface area (Å²) in [5.41, 5.74) is 0.633. The Morgan fingerprint density at radius 1 is 1.31 bits per heavy atom. The van der Waals surface area contributed by atoms with E-state index in [2.05, 4.69) is 27.3 Å². The largest absolute Gasteiger partial charge is 0.497 e. The second-order valence-corrected chi connectivity index (χ2v) is 7.44. The van der Waals surface area contributed by atoms with Crippen LogP contribution < -0.4 is 19.7 Å². The summed E-state index contributed by atoms with van der Waals surface area (Å²) in [5.74, 6) is 1.87. The van der Waals surface area contributed by atoms with Gasteiger partial charge in [0.2, 0.25) is 5.91 Å². The quantitative estimate of drug-likeness (QED) is 0.648. The van der Waals surface area contributed by atoms with Gasteiger partial charge in [-0.25, -0.2) is 0 Å². The van der Waals surface area contributed by atoms with Crippen LogP contribution in [0.1, 0.15) is 32.6 Å². The molecule has 1 N–H and O–H groups in total. The van der Waals surface area contributed by atoms with Crippen molar-refractivity contribution in [3.05, 3.63) is 35.5 Å². The number of piperidine rings is 1. The average Bonchev–Trinajstić information content (AvgIpc) is 2.75. The van der Waals surface area contributed by atoms with Gasteiger partial charge in [0.05, 0.1) is 25.3 Å². The first-order valence-corrected chi connectivity index (χ1v) is 10.3. The Hall–Kier alpha value is -2.54. The van der Waals surface area contributed by atoms with Crippen molar-refractivity contribution in [2.45, 2.75) is 32.6 Å². The van der Waals surface area contributed by atoms with E-state index in [1.54, 1.807) is 19.2 Å². The molecule has 1 saturated heterocycles. The van der Waals surface area contributed by atoms with Crippen molar-refractivity contribution >= 4 is 29.0 Å². The molecule has 1 aromatic carbocycles. The lowest BCUT2D eigenvalue weighted by Crippen LogP contribution is -2.41. The summed E-state index contributed by atoms with van der Waals surface area (Å²) in [7, 11) is 1.60. The van der Waals surface area contributed by atoms with E-state index >= 15 is 0 Å². The van der Waals surface area contributed by atoms with Crippen LogP contribution >= 0.6 is 11.6 Å². The zero-order chi connectivity index (χ0) is 20.6. The van der Waals surface area contributed by atoms with Crippen LogP contribution in [0, 0.1) is 5.92 Å². The lowest BCUT2D eigenvalue weighted by atomic mass is 9.97. The topological polar surface area (TPSA) is 76.6 Å². The van der Waals surface area contributed by atoms with Gasteiger partial charge in [-0.3, -0.25) is 4.79 Å². The Labute approximate surface area is 176 Å². The molecule has 1 aliphatic heterocycles. The van der Waals surface area contributed by atoms with E-state index in [-0.39, 0.29) is 11.8 Å². The second-order valence-electron chi connectivity index (χ2n) is 7.05. The molecule has 0 radical (unpaired) electrons. The third-order valence-corrected chi connectivity index (χ3v) is 5.14. The number of aromatic nitrogens is 2. The molecule has 7 nitrogen and oxygen atoms in total. The first-order valence-electron chi connectivity index (χ1n) is 9.96. The van der Waals surface area contributed by atoms with Gasteiger partial charge in [-0.2, -0.15) is 0 Å². The minimum Gasteiger partial charge on any atom is -0.497 e. The van der Waals surface area contributed by atoms with Gasteiger partial charge in [-0.05, 0) is 43.5 Å². The van der Waals surface area contributed by atoms with Crippen molar-refractivity contribution in [1.29, 1.82) is 0 Å². The van der Waals surface area contributed by atoms with Gasteiger partial charge in [-0.15, -0.1) is 10.2 Å². The zero-order valence-corrected chi connectivity index (χ0v) is 17.6. The number of hydrogen-bond acceptors (Lipinski definition) is 6. The van der Waals surface area contributed by atoms with Crippen molar-refractivity contribution in [1.82, 2.24) is 10.2 Å². The monoisotopic (exact) mass is 418 g/mol. The first-order chi connectivity index (χ1) is 14.1. The average molecular weight is 419 g/mol. The molecule has 156 valence electrons. The molecule has 1 aromatic heterocycles. The van der Waals surface area contributed by atoms with E-state index in [9.17, 15) is 4.79 Å². The Balaban J connectivity index is 1.69.